The van der Waals surface area contributed by atoms with Gasteiger partial charge in [-0.1, -0.05) is 18.2 Å². The Labute approximate surface area is 71.9 Å². The van der Waals surface area contributed by atoms with E-state index in [9.17, 15) is 0 Å². The average molecular weight is 171 g/mol. The lowest BCUT2D eigenvalue weighted by Crippen LogP contribution is -2.06. The van der Waals surface area contributed by atoms with E-state index >= 15 is 0 Å². The van der Waals surface area contributed by atoms with Gasteiger partial charge in [-0.25, -0.2) is 0 Å². The predicted octanol–water partition coefficient (Wildman–Crippen LogP) is 2.69. The maximum Gasteiger partial charge on any atom is 0.119 e. The van der Waals surface area contributed by atoms with Crippen molar-refractivity contribution in [1.29, 1.82) is 0 Å². The molecule has 0 spiro atoms. The summed E-state index contributed by atoms with van der Waals surface area (Å²) in [6.45, 7) is 2.47. The lowest BCUT2D eigenvalue weighted by molar-refractivity contribution is 0.320. The molecule has 0 aliphatic heterocycles. The molecule has 60 valence electrons. The Kier molecular flexibility index (Phi) is 3.24. The van der Waals surface area contributed by atoms with Crippen molar-refractivity contribution in [1.82, 2.24) is 0 Å². The smallest absolute Gasteiger partial charge is 0.119 e. The molecule has 0 fully saturated rings. The van der Waals surface area contributed by atoms with E-state index < -0.39 is 0 Å². The van der Waals surface area contributed by atoms with Crippen LogP contribution in [0.4, 0.5) is 0 Å². The summed E-state index contributed by atoms with van der Waals surface area (Å²) >= 11 is 5.70. The average Bonchev–Trinajstić information content (AvgIpc) is 2.03. The minimum atomic E-state index is 0.0650. The summed E-state index contributed by atoms with van der Waals surface area (Å²) in [5.41, 5.74) is 0. The highest BCUT2D eigenvalue weighted by atomic mass is 35.5. The summed E-state index contributed by atoms with van der Waals surface area (Å²) in [7, 11) is 0. The van der Waals surface area contributed by atoms with Gasteiger partial charge in [-0.15, -0.1) is 11.6 Å². The second kappa shape index (κ2) is 4.24. The van der Waals surface area contributed by atoms with Gasteiger partial charge in [-0.05, 0) is 19.1 Å². The lowest BCUT2D eigenvalue weighted by atomic mass is 10.3. The molecule has 0 radical (unpaired) electrons. The molecular formula is C9H11ClO. The van der Waals surface area contributed by atoms with E-state index in [2.05, 4.69) is 0 Å². The first kappa shape index (κ1) is 8.41. The van der Waals surface area contributed by atoms with Crippen LogP contribution in [0.15, 0.2) is 30.3 Å². The zero-order valence-electron chi connectivity index (χ0n) is 6.46. The molecule has 0 aliphatic rings. The molecule has 0 aliphatic carbocycles. The molecule has 0 aromatic heterocycles. The van der Waals surface area contributed by atoms with Crippen molar-refractivity contribution in [3.63, 3.8) is 0 Å². The van der Waals surface area contributed by atoms with E-state index in [4.69, 9.17) is 16.3 Å². The van der Waals surface area contributed by atoms with Gasteiger partial charge in [0, 0.05) is 0 Å². The van der Waals surface area contributed by atoms with Gasteiger partial charge in [-0.2, -0.15) is 0 Å². The molecule has 0 amide bonds. The first-order valence-corrected chi connectivity index (χ1v) is 4.04. The Morgan fingerprint density at radius 1 is 1.36 bits per heavy atom. The van der Waals surface area contributed by atoms with E-state index in [-0.39, 0.29) is 5.38 Å². The minimum Gasteiger partial charge on any atom is -0.492 e. The number of hydrogen-bond acceptors (Lipinski definition) is 1. The molecule has 2 heteroatoms. The van der Waals surface area contributed by atoms with Crippen molar-refractivity contribution in [3.8, 4) is 5.75 Å². The Morgan fingerprint density at radius 3 is 2.55 bits per heavy atom. The maximum atomic E-state index is 5.70. The van der Waals surface area contributed by atoms with Crippen LogP contribution in [-0.4, -0.2) is 12.0 Å². The standard InChI is InChI=1S/C9H11ClO/c1-8(10)7-11-9-5-3-2-4-6-9/h2-6,8H,7H2,1H3/t8-/m0/s1. The molecule has 0 saturated carbocycles. The summed E-state index contributed by atoms with van der Waals surface area (Å²) in [5, 5.41) is 0.0650. The first-order chi connectivity index (χ1) is 5.29. The molecule has 0 N–H and O–H groups in total. The second-order valence-electron chi connectivity index (χ2n) is 2.40. The molecule has 0 heterocycles. The number of para-hydroxylation sites is 1. The third-order valence-corrected chi connectivity index (χ3v) is 1.35. The highest BCUT2D eigenvalue weighted by Crippen LogP contribution is 2.09. The normalized spacial score (nSPS) is 12.5. The molecule has 1 aromatic carbocycles. The number of ether oxygens (including phenoxy) is 1. The third kappa shape index (κ3) is 3.28. The number of benzene rings is 1. The van der Waals surface area contributed by atoms with Crippen molar-refractivity contribution >= 4 is 11.6 Å². The molecule has 1 atom stereocenters. The molecule has 1 rings (SSSR count). The Bertz CT molecular complexity index is 196. The fraction of sp³-hybridized carbons (Fsp3) is 0.333. The maximum absolute atomic E-state index is 5.70. The SMILES string of the molecule is C[C@H](Cl)COc1ccccc1. The van der Waals surface area contributed by atoms with Gasteiger partial charge in [0.25, 0.3) is 0 Å². The van der Waals surface area contributed by atoms with E-state index in [0.29, 0.717) is 6.61 Å². The molecule has 0 unspecified atom stereocenters. The summed E-state index contributed by atoms with van der Waals surface area (Å²) in [6.07, 6.45) is 0. The van der Waals surface area contributed by atoms with Crippen LogP contribution < -0.4 is 4.74 Å². The van der Waals surface area contributed by atoms with Crippen molar-refractivity contribution in [2.45, 2.75) is 12.3 Å². The topological polar surface area (TPSA) is 9.23 Å². The van der Waals surface area contributed by atoms with E-state index in [0.717, 1.165) is 5.75 Å². The van der Waals surface area contributed by atoms with E-state index in [1.807, 2.05) is 37.3 Å². The van der Waals surface area contributed by atoms with Gasteiger partial charge in [-0.3, -0.25) is 0 Å². The Balaban J connectivity index is 2.39. The van der Waals surface area contributed by atoms with Gasteiger partial charge < -0.3 is 4.74 Å². The number of halogens is 1. The molecule has 1 nitrogen and oxygen atoms in total. The highest BCUT2D eigenvalue weighted by molar-refractivity contribution is 6.20. The number of hydrogen-bond donors (Lipinski definition) is 0. The van der Waals surface area contributed by atoms with Crippen molar-refractivity contribution in [2.24, 2.45) is 0 Å². The van der Waals surface area contributed by atoms with Crippen molar-refractivity contribution in [3.05, 3.63) is 30.3 Å². The van der Waals surface area contributed by atoms with Gasteiger partial charge >= 0.3 is 0 Å². The number of rotatable bonds is 3. The monoisotopic (exact) mass is 170 g/mol. The summed E-state index contributed by atoms with van der Waals surface area (Å²) in [6, 6.07) is 9.66. The van der Waals surface area contributed by atoms with Crippen LogP contribution in [0.25, 0.3) is 0 Å². The summed E-state index contributed by atoms with van der Waals surface area (Å²) < 4.78 is 5.34. The van der Waals surface area contributed by atoms with E-state index in [1.54, 1.807) is 0 Å². The Morgan fingerprint density at radius 2 is 2.00 bits per heavy atom. The highest BCUT2D eigenvalue weighted by Gasteiger charge is 1.96. The van der Waals surface area contributed by atoms with Gasteiger partial charge in [0.15, 0.2) is 0 Å². The Hall–Kier alpha value is -0.690. The third-order valence-electron chi connectivity index (χ3n) is 1.22. The molecule has 1 aromatic rings. The predicted molar refractivity (Wildman–Crippen MR) is 47.3 cm³/mol. The summed E-state index contributed by atoms with van der Waals surface area (Å²) in [5.74, 6) is 0.875. The molecule has 0 saturated heterocycles. The zero-order chi connectivity index (χ0) is 8.10. The van der Waals surface area contributed by atoms with Crippen LogP contribution in [0, 0.1) is 0 Å². The van der Waals surface area contributed by atoms with E-state index in [1.165, 1.54) is 0 Å². The van der Waals surface area contributed by atoms with Crippen LogP contribution in [0.3, 0.4) is 0 Å². The fourth-order valence-corrected chi connectivity index (χ4v) is 0.791. The first-order valence-electron chi connectivity index (χ1n) is 3.61. The molecular weight excluding hydrogens is 160 g/mol. The summed E-state index contributed by atoms with van der Waals surface area (Å²) in [4.78, 5) is 0. The largest absolute Gasteiger partial charge is 0.492 e. The van der Waals surface area contributed by atoms with Crippen LogP contribution in [0.2, 0.25) is 0 Å². The van der Waals surface area contributed by atoms with Crippen LogP contribution in [0.5, 0.6) is 5.75 Å². The van der Waals surface area contributed by atoms with Gasteiger partial charge in [0.2, 0.25) is 0 Å². The zero-order valence-corrected chi connectivity index (χ0v) is 7.21. The lowest BCUT2D eigenvalue weighted by Gasteiger charge is -2.05. The van der Waals surface area contributed by atoms with Gasteiger partial charge in [0.1, 0.15) is 12.4 Å². The van der Waals surface area contributed by atoms with Crippen LogP contribution in [0.1, 0.15) is 6.92 Å². The van der Waals surface area contributed by atoms with Crippen LogP contribution >= 0.6 is 11.6 Å². The van der Waals surface area contributed by atoms with Crippen molar-refractivity contribution in [2.75, 3.05) is 6.61 Å². The van der Waals surface area contributed by atoms with Gasteiger partial charge in [0.05, 0.1) is 5.38 Å². The van der Waals surface area contributed by atoms with Crippen molar-refractivity contribution < 1.29 is 4.74 Å². The quantitative estimate of drug-likeness (QED) is 0.634. The minimum absolute atomic E-state index is 0.0650. The molecule has 11 heavy (non-hydrogen) atoms. The van der Waals surface area contributed by atoms with Crippen LogP contribution in [-0.2, 0) is 0 Å². The number of alkyl halides is 1. The second-order valence-corrected chi connectivity index (χ2v) is 3.15. The fourth-order valence-electron chi connectivity index (χ4n) is 0.728. The molecule has 0 bridgehead atoms.